The predicted molar refractivity (Wildman–Crippen MR) is 103 cm³/mol. The fourth-order valence-corrected chi connectivity index (χ4v) is 2.60. The molecule has 152 valence electrons. The monoisotopic (exact) mass is 400 g/mol. The zero-order valence-electron chi connectivity index (χ0n) is 16.3. The van der Waals surface area contributed by atoms with Crippen LogP contribution in [-0.2, 0) is 13.2 Å². The molecule has 0 fully saturated rings. The topological polar surface area (TPSA) is 89.6 Å². The molecule has 0 aliphatic rings. The summed E-state index contributed by atoms with van der Waals surface area (Å²) >= 11 is 0. The van der Waals surface area contributed by atoms with Crippen molar-refractivity contribution in [3.05, 3.63) is 65.6 Å². The maximum Gasteiger partial charge on any atom is 0.291 e. The van der Waals surface area contributed by atoms with Gasteiger partial charge in [0.15, 0.2) is 5.76 Å². The highest BCUT2D eigenvalue weighted by atomic mass is 19.1. The number of benzene rings is 1. The molecule has 3 rings (SSSR count). The summed E-state index contributed by atoms with van der Waals surface area (Å²) < 4.78 is 25.4. The van der Waals surface area contributed by atoms with Crippen molar-refractivity contribution in [2.75, 3.05) is 19.4 Å². The maximum atomic E-state index is 12.9. The number of anilines is 1. The van der Waals surface area contributed by atoms with E-state index in [0.717, 1.165) is 0 Å². The third-order valence-corrected chi connectivity index (χ3v) is 4.08. The smallest absolute Gasteiger partial charge is 0.291 e. The minimum atomic E-state index is -0.513. The van der Waals surface area contributed by atoms with Crippen LogP contribution < -0.4 is 10.1 Å². The van der Waals surface area contributed by atoms with Crippen LogP contribution in [0.15, 0.2) is 47.0 Å². The average Bonchev–Trinajstić information content (AvgIpc) is 3.33. The van der Waals surface area contributed by atoms with Crippen LogP contribution in [0.25, 0.3) is 0 Å². The van der Waals surface area contributed by atoms with Gasteiger partial charge >= 0.3 is 0 Å². The number of nitrogens with zero attached hydrogens (tertiary/aromatic N) is 3. The summed E-state index contributed by atoms with van der Waals surface area (Å²) in [6.45, 7) is 2.42. The molecule has 2 amide bonds. The number of carbonyl (C=O) groups is 2. The van der Waals surface area contributed by atoms with E-state index >= 15 is 0 Å². The van der Waals surface area contributed by atoms with E-state index in [2.05, 4.69) is 10.4 Å². The Morgan fingerprint density at radius 2 is 1.93 bits per heavy atom. The standard InChI is InChI=1S/C20H21FN4O4/c1-4-25-18(20(27)24(2)3)16(11-22-25)23-19(26)17-10-9-15(29-17)12-28-14-7-5-13(21)6-8-14/h5-11H,4,12H2,1-3H3,(H,23,26). The lowest BCUT2D eigenvalue weighted by molar-refractivity contribution is 0.0816. The fourth-order valence-electron chi connectivity index (χ4n) is 2.60. The zero-order valence-corrected chi connectivity index (χ0v) is 16.3. The van der Waals surface area contributed by atoms with Crippen LogP contribution >= 0.6 is 0 Å². The van der Waals surface area contributed by atoms with Gasteiger partial charge in [-0.15, -0.1) is 0 Å². The van der Waals surface area contributed by atoms with E-state index in [1.807, 2.05) is 6.92 Å². The average molecular weight is 400 g/mol. The molecule has 0 spiro atoms. The van der Waals surface area contributed by atoms with Crippen LogP contribution in [0.4, 0.5) is 10.1 Å². The van der Waals surface area contributed by atoms with Crippen molar-refractivity contribution in [1.82, 2.24) is 14.7 Å². The van der Waals surface area contributed by atoms with Crippen LogP contribution in [-0.4, -0.2) is 40.6 Å². The number of furan rings is 1. The number of hydrogen-bond donors (Lipinski definition) is 1. The van der Waals surface area contributed by atoms with E-state index in [1.165, 1.54) is 46.1 Å². The molecule has 2 aromatic heterocycles. The van der Waals surface area contributed by atoms with Crippen LogP contribution in [0.2, 0.25) is 0 Å². The first-order valence-electron chi connectivity index (χ1n) is 8.95. The van der Waals surface area contributed by atoms with Gasteiger partial charge in [0.05, 0.1) is 11.9 Å². The Morgan fingerprint density at radius 3 is 2.59 bits per heavy atom. The quantitative estimate of drug-likeness (QED) is 0.658. The second-order valence-electron chi connectivity index (χ2n) is 6.38. The fraction of sp³-hybridized carbons (Fsp3) is 0.250. The van der Waals surface area contributed by atoms with Crippen LogP contribution in [0.5, 0.6) is 5.75 Å². The van der Waals surface area contributed by atoms with E-state index < -0.39 is 5.91 Å². The SMILES string of the molecule is CCn1ncc(NC(=O)c2ccc(COc3ccc(F)cc3)o2)c1C(=O)N(C)C. The lowest BCUT2D eigenvalue weighted by atomic mass is 10.3. The number of carbonyl (C=O) groups excluding carboxylic acids is 2. The van der Waals surface area contributed by atoms with Gasteiger partial charge in [-0.2, -0.15) is 5.10 Å². The van der Waals surface area contributed by atoms with Gasteiger partial charge in [-0.3, -0.25) is 14.3 Å². The minimum Gasteiger partial charge on any atom is -0.486 e. The van der Waals surface area contributed by atoms with Crippen molar-refractivity contribution in [1.29, 1.82) is 0 Å². The molecule has 0 unspecified atom stereocenters. The largest absolute Gasteiger partial charge is 0.486 e. The van der Waals surface area contributed by atoms with Gasteiger partial charge in [-0.05, 0) is 43.3 Å². The predicted octanol–water partition coefficient (Wildman–Crippen LogP) is 3.17. The number of aryl methyl sites for hydroxylation is 1. The lowest BCUT2D eigenvalue weighted by Gasteiger charge is -2.13. The van der Waals surface area contributed by atoms with E-state index in [-0.39, 0.29) is 29.8 Å². The van der Waals surface area contributed by atoms with E-state index in [0.29, 0.717) is 23.7 Å². The highest BCUT2D eigenvalue weighted by molar-refractivity contribution is 6.07. The first-order chi connectivity index (χ1) is 13.9. The summed E-state index contributed by atoms with van der Waals surface area (Å²) in [4.78, 5) is 26.4. The number of nitrogens with one attached hydrogen (secondary N) is 1. The van der Waals surface area contributed by atoms with E-state index in [9.17, 15) is 14.0 Å². The van der Waals surface area contributed by atoms with E-state index in [4.69, 9.17) is 9.15 Å². The summed E-state index contributed by atoms with van der Waals surface area (Å²) in [7, 11) is 3.25. The van der Waals surface area contributed by atoms with Crippen molar-refractivity contribution < 1.29 is 23.1 Å². The second kappa shape index (κ2) is 8.59. The molecule has 29 heavy (non-hydrogen) atoms. The number of halogens is 1. The Hall–Kier alpha value is -3.62. The molecule has 0 saturated heterocycles. The van der Waals surface area contributed by atoms with Crippen LogP contribution in [0.1, 0.15) is 33.7 Å². The number of ether oxygens (including phenoxy) is 1. The molecule has 1 N–H and O–H groups in total. The molecule has 0 atom stereocenters. The van der Waals surface area contributed by atoms with E-state index in [1.54, 1.807) is 20.2 Å². The van der Waals surface area contributed by atoms with Crippen molar-refractivity contribution in [3.8, 4) is 5.75 Å². The minimum absolute atomic E-state index is 0.0650. The summed E-state index contributed by atoms with van der Waals surface area (Å²) in [6.07, 6.45) is 1.43. The van der Waals surface area contributed by atoms with Gasteiger partial charge in [-0.25, -0.2) is 4.39 Å². The molecule has 3 aromatic rings. The summed E-state index contributed by atoms with van der Waals surface area (Å²) in [5.74, 6) is -0.169. The van der Waals surface area contributed by atoms with Gasteiger partial charge in [0, 0.05) is 20.6 Å². The van der Waals surface area contributed by atoms with Crippen molar-refractivity contribution >= 4 is 17.5 Å². The highest BCUT2D eigenvalue weighted by Gasteiger charge is 2.22. The van der Waals surface area contributed by atoms with Crippen molar-refractivity contribution in [3.63, 3.8) is 0 Å². The summed E-state index contributed by atoms with van der Waals surface area (Å²) in [5, 5.41) is 6.80. The maximum absolute atomic E-state index is 12.9. The van der Waals surface area contributed by atoms with Crippen molar-refractivity contribution in [2.45, 2.75) is 20.1 Å². The Labute approximate surface area is 166 Å². The molecule has 2 heterocycles. The zero-order chi connectivity index (χ0) is 21.0. The molecule has 0 bridgehead atoms. The first-order valence-corrected chi connectivity index (χ1v) is 8.95. The molecule has 0 aliphatic heterocycles. The van der Waals surface area contributed by atoms with Crippen molar-refractivity contribution in [2.24, 2.45) is 0 Å². The molecule has 1 aromatic carbocycles. The highest BCUT2D eigenvalue weighted by Crippen LogP contribution is 2.19. The number of hydrogen-bond acceptors (Lipinski definition) is 5. The molecular formula is C20H21FN4O4. The molecular weight excluding hydrogens is 379 g/mol. The third-order valence-electron chi connectivity index (χ3n) is 4.08. The molecule has 0 aliphatic carbocycles. The normalized spacial score (nSPS) is 10.6. The molecule has 9 heteroatoms. The number of aromatic nitrogens is 2. The summed E-state index contributed by atoms with van der Waals surface area (Å²) in [5.41, 5.74) is 0.591. The van der Waals surface area contributed by atoms with Gasteiger partial charge in [0.1, 0.15) is 29.6 Å². The molecule has 0 saturated carbocycles. The summed E-state index contributed by atoms with van der Waals surface area (Å²) in [6, 6.07) is 8.70. The molecule has 0 radical (unpaired) electrons. The Morgan fingerprint density at radius 1 is 1.21 bits per heavy atom. The third kappa shape index (κ3) is 4.63. The van der Waals surface area contributed by atoms with Crippen LogP contribution in [0.3, 0.4) is 0 Å². The number of amides is 2. The lowest BCUT2D eigenvalue weighted by Crippen LogP contribution is -2.26. The van der Waals surface area contributed by atoms with Gasteiger partial charge < -0.3 is 19.4 Å². The Bertz CT molecular complexity index is 1010. The Balaban J connectivity index is 1.68. The van der Waals surface area contributed by atoms with Gasteiger partial charge in [0.2, 0.25) is 0 Å². The molecule has 8 nitrogen and oxygen atoms in total. The van der Waals surface area contributed by atoms with Crippen LogP contribution in [0, 0.1) is 5.82 Å². The Kier molecular flexibility index (Phi) is 5.96. The second-order valence-corrected chi connectivity index (χ2v) is 6.38. The first kappa shape index (κ1) is 20.1. The number of rotatable bonds is 7. The van der Waals surface area contributed by atoms with Gasteiger partial charge in [-0.1, -0.05) is 0 Å². The van der Waals surface area contributed by atoms with Gasteiger partial charge in [0.25, 0.3) is 11.8 Å².